The first-order valence-electron chi connectivity index (χ1n) is 7.92. The van der Waals surface area contributed by atoms with Gasteiger partial charge in [0.2, 0.25) is 0 Å². The molecule has 1 aliphatic heterocycles. The molecule has 0 spiro atoms. The summed E-state index contributed by atoms with van der Waals surface area (Å²) in [6, 6.07) is 10.4. The Bertz CT molecular complexity index is 667. The van der Waals surface area contributed by atoms with Crippen LogP contribution in [-0.4, -0.2) is 33.3 Å². The third-order valence-corrected chi connectivity index (χ3v) is 4.75. The topological polar surface area (TPSA) is 50.2 Å². The first-order valence-corrected chi connectivity index (χ1v) is 7.92. The number of nitrogens with one attached hydrogen (secondary N) is 1. The second-order valence-electron chi connectivity index (χ2n) is 6.32. The van der Waals surface area contributed by atoms with Gasteiger partial charge >= 0.3 is 6.03 Å². The van der Waals surface area contributed by atoms with Crippen molar-refractivity contribution in [1.29, 1.82) is 0 Å². The molecule has 4 rings (SSSR count). The van der Waals surface area contributed by atoms with Crippen molar-refractivity contribution in [2.45, 2.75) is 31.8 Å². The van der Waals surface area contributed by atoms with E-state index in [4.69, 9.17) is 0 Å². The van der Waals surface area contributed by atoms with E-state index in [1.54, 1.807) is 6.20 Å². The lowest BCUT2D eigenvalue weighted by Crippen LogP contribution is -2.40. The smallest absolute Gasteiger partial charge is 0.321 e. The van der Waals surface area contributed by atoms with E-state index < -0.39 is 0 Å². The fraction of sp³-hybridized carbons (Fsp3) is 0.412. The summed E-state index contributed by atoms with van der Waals surface area (Å²) in [6.45, 7) is 1.63. The molecule has 0 radical (unpaired) electrons. The number of carbonyl (C=O) groups is 1. The number of carbonyl (C=O) groups excluding carboxylic acids is 1. The molecule has 1 aromatic carbocycles. The van der Waals surface area contributed by atoms with Crippen molar-refractivity contribution < 1.29 is 4.79 Å². The van der Waals surface area contributed by atoms with Gasteiger partial charge in [-0.3, -0.25) is 4.68 Å². The Labute approximate surface area is 129 Å². The molecule has 5 nitrogen and oxygen atoms in total. The van der Waals surface area contributed by atoms with E-state index in [-0.39, 0.29) is 6.03 Å². The minimum atomic E-state index is 0.0449. The van der Waals surface area contributed by atoms with Gasteiger partial charge in [-0.25, -0.2) is 4.79 Å². The minimum absolute atomic E-state index is 0.0449. The molecular weight excluding hydrogens is 276 g/mol. The molecule has 1 saturated heterocycles. The van der Waals surface area contributed by atoms with Gasteiger partial charge in [-0.05, 0) is 48.9 Å². The molecule has 5 heteroatoms. The third kappa shape index (κ3) is 2.58. The molecule has 0 unspecified atom stereocenters. The molecule has 2 amide bonds. The van der Waals surface area contributed by atoms with Crippen LogP contribution in [0.5, 0.6) is 0 Å². The number of aromatic nitrogens is 2. The van der Waals surface area contributed by atoms with E-state index in [1.807, 2.05) is 40.0 Å². The Balaban J connectivity index is 1.43. The maximum absolute atomic E-state index is 12.4. The molecule has 2 atom stereocenters. The fourth-order valence-electron chi connectivity index (χ4n) is 3.70. The predicted octanol–water partition coefficient (Wildman–Crippen LogP) is 2.95. The lowest BCUT2D eigenvalue weighted by molar-refractivity contribution is 0.194. The predicted molar refractivity (Wildman–Crippen MR) is 84.6 cm³/mol. The van der Waals surface area contributed by atoms with E-state index in [1.165, 1.54) is 12.8 Å². The first kappa shape index (κ1) is 13.4. The molecule has 2 fully saturated rings. The molecule has 2 heterocycles. The van der Waals surface area contributed by atoms with Crippen molar-refractivity contribution in [3.8, 4) is 0 Å². The normalized spacial score (nSPS) is 23.0. The van der Waals surface area contributed by atoms with Crippen molar-refractivity contribution in [3.05, 3.63) is 48.3 Å². The average Bonchev–Trinajstić information content (AvgIpc) is 3.25. The van der Waals surface area contributed by atoms with E-state index in [9.17, 15) is 4.79 Å². The van der Waals surface area contributed by atoms with Crippen LogP contribution in [0.1, 0.15) is 24.8 Å². The Kier molecular flexibility index (Phi) is 3.33. The van der Waals surface area contributed by atoms with E-state index in [0.29, 0.717) is 12.6 Å². The highest BCUT2D eigenvalue weighted by Gasteiger charge is 2.40. The summed E-state index contributed by atoms with van der Waals surface area (Å²) in [6.07, 6.45) is 7.35. The quantitative estimate of drug-likeness (QED) is 0.946. The van der Waals surface area contributed by atoms with Gasteiger partial charge in [0.05, 0.1) is 6.54 Å². The van der Waals surface area contributed by atoms with Gasteiger partial charge < -0.3 is 10.2 Å². The zero-order valence-corrected chi connectivity index (χ0v) is 12.5. The number of urea groups is 1. The van der Waals surface area contributed by atoms with Gasteiger partial charge in [0.15, 0.2) is 0 Å². The van der Waals surface area contributed by atoms with Crippen LogP contribution in [-0.2, 0) is 6.54 Å². The maximum Gasteiger partial charge on any atom is 0.322 e. The summed E-state index contributed by atoms with van der Waals surface area (Å²) in [5, 5.41) is 7.26. The summed E-state index contributed by atoms with van der Waals surface area (Å²) >= 11 is 0. The van der Waals surface area contributed by atoms with Crippen molar-refractivity contribution in [1.82, 2.24) is 14.7 Å². The van der Waals surface area contributed by atoms with Crippen LogP contribution < -0.4 is 5.32 Å². The van der Waals surface area contributed by atoms with Crippen molar-refractivity contribution in [2.24, 2.45) is 5.92 Å². The largest absolute Gasteiger partial charge is 0.322 e. The van der Waals surface area contributed by atoms with Crippen LogP contribution >= 0.6 is 0 Å². The van der Waals surface area contributed by atoms with E-state index in [2.05, 4.69) is 16.5 Å². The van der Waals surface area contributed by atoms with Crippen LogP contribution in [0.25, 0.3) is 0 Å². The van der Waals surface area contributed by atoms with Gasteiger partial charge in [-0.2, -0.15) is 5.10 Å². The number of amides is 2. The monoisotopic (exact) mass is 296 g/mol. The first-order chi connectivity index (χ1) is 10.8. The number of likely N-dealkylation sites (tertiary alicyclic amines) is 1. The zero-order chi connectivity index (χ0) is 14.9. The number of benzene rings is 1. The lowest BCUT2D eigenvalue weighted by atomic mass is 10.1. The summed E-state index contributed by atoms with van der Waals surface area (Å²) in [4.78, 5) is 14.4. The van der Waals surface area contributed by atoms with Crippen LogP contribution in [0, 0.1) is 5.92 Å². The standard InChI is InChI=1S/C17H20N4O/c22-17(21-12-14-5-6-16(21)10-14)19-15-4-1-3-13(9-15)11-20-8-2-7-18-20/h1-4,7-9,14,16H,5-6,10-12H2,(H,19,22)/t14-,16+/m0/s1. The molecule has 1 saturated carbocycles. The van der Waals surface area contributed by atoms with Crippen LogP contribution in [0.2, 0.25) is 0 Å². The third-order valence-electron chi connectivity index (χ3n) is 4.75. The summed E-state index contributed by atoms with van der Waals surface area (Å²) in [7, 11) is 0. The van der Waals surface area contributed by atoms with Gasteiger partial charge in [-0.1, -0.05) is 12.1 Å². The number of piperidine rings is 1. The second-order valence-corrected chi connectivity index (χ2v) is 6.32. The van der Waals surface area contributed by atoms with Gasteiger partial charge in [0, 0.05) is 30.7 Å². The van der Waals surface area contributed by atoms with Gasteiger partial charge in [0.25, 0.3) is 0 Å². The number of fused-ring (bicyclic) bond motifs is 2. The van der Waals surface area contributed by atoms with E-state index in [0.717, 1.165) is 30.1 Å². The molecular formula is C17H20N4O. The molecule has 2 bridgehead atoms. The van der Waals surface area contributed by atoms with Gasteiger partial charge in [-0.15, -0.1) is 0 Å². The Morgan fingerprint density at radius 1 is 1.32 bits per heavy atom. The molecule has 2 aliphatic rings. The molecule has 1 N–H and O–H groups in total. The highest BCUT2D eigenvalue weighted by atomic mass is 16.2. The summed E-state index contributed by atoms with van der Waals surface area (Å²) in [5.74, 6) is 0.724. The summed E-state index contributed by atoms with van der Waals surface area (Å²) < 4.78 is 1.88. The van der Waals surface area contributed by atoms with E-state index >= 15 is 0 Å². The van der Waals surface area contributed by atoms with Gasteiger partial charge in [0.1, 0.15) is 0 Å². The minimum Gasteiger partial charge on any atom is -0.321 e. The molecule has 1 aromatic heterocycles. The van der Waals surface area contributed by atoms with Crippen LogP contribution in [0.4, 0.5) is 10.5 Å². The van der Waals surface area contributed by atoms with Crippen molar-refractivity contribution in [2.75, 3.05) is 11.9 Å². The Morgan fingerprint density at radius 2 is 2.27 bits per heavy atom. The highest BCUT2D eigenvalue weighted by Crippen LogP contribution is 2.37. The molecule has 114 valence electrons. The highest BCUT2D eigenvalue weighted by molar-refractivity contribution is 5.89. The number of anilines is 1. The lowest BCUT2D eigenvalue weighted by Gasteiger charge is -2.27. The number of hydrogen-bond donors (Lipinski definition) is 1. The SMILES string of the molecule is O=C(Nc1cccc(Cn2cccn2)c1)N1C[C@H]2CC[C@@H]1C2. The Hall–Kier alpha value is -2.30. The fourth-order valence-corrected chi connectivity index (χ4v) is 3.70. The second kappa shape index (κ2) is 5.48. The molecule has 22 heavy (non-hydrogen) atoms. The average molecular weight is 296 g/mol. The molecule has 2 aromatic rings. The number of rotatable bonds is 3. The van der Waals surface area contributed by atoms with Crippen molar-refractivity contribution in [3.63, 3.8) is 0 Å². The maximum atomic E-state index is 12.4. The molecule has 1 aliphatic carbocycles. The van der Waals surface area contributed by atoms with Crippen LogP contribution in [0.15, 0.2) is 42.7 Å². The summed E-state index contributed by atoms with van der Waals surface area (Å²) in [5.41, 5.74) is 1.99. The zero-order valence-electron chi connectivity index (χ0n) is 12.5. The van der Waals surface area contributed by atoms with Crippen molar-refractivity contribution >= 4 is 11.7 Å². The van der Waals surface area contributed by atoms with Crippen LogP contribution in [0.3, 0.4) is 0 Å². The Morgan fingerprint density at radius 3 is 3.00 bits per heavy atom. The number of hydrogen-bond acceptors (Lipinski definition) is 2. The number of nitrogens with zero attached hydrogens (tertiary/aromatic N) is 3.